The molecule has 2 saturated heterocycles. The molecular formula is C12H23N3O2. The summed E-state index contributed by atoms with van der Waals surface area (Å²) in [5, 5.41) is 3.03. The molecule has 5 heteroatoms. The van der Waals surface area contributed by atoms with Crippen molar-refractivity contribution in [2.45, 2.75) is 19.9 Å². The molecule has 2 fully saturated rings. The van der Waals surface area contributed by atoms with Crippen LogP contribution >= 0.6 is 0 Å². The molecule has 1 N–H and O–H groups in total. The summed E-state index contributed by atoms with van der Waals surface area (Å²) >= 11 is 0. The normalized spacial score (nSPS) is 26.6. The Bertz CT molecular complexity index is 264. The van der Waals surface area contributed by atoms with Gasteiger partial charge in [0.2, 0.25) is 0 Å². The predicted octanol–water partition coefficient (Wildman–Crippen LogP) is 0.368. The lowest BCUT2D eigenvalue weighted by atomic mass is 10.1. The van der Waals surface area contributed by atoms with E-state index in [1.165, 1.54) is 0 Å². The van der Waals surface area contributed by atoms with Crippen LogP contribution in [0.2, 0.25) is 0 Å². The molecule has 2 aliphatic heterocycles. The first-order valence-electron chi connectivity index (χ1n) is 6.52. The maximum Gasteiger partial charge on any atom is 0.317 e. The molecule has 2 aliphatic rings. The van der Waals surface area contributed by atoms with E-state index < -0.39 is 0 Å². The van der Waals surface area contributed by atoms with E-state index in [0.29, 0.717) is 12.0 Å². The van der Waals surface area contributed by atoms with Gasteiger partial charge in [0.05, 0.1) is 19.3 Å². The largest absolute Gasteiger partial charge is 0.379 e. The highest BCUT2D eigenvalue weighted by Crippen LogP contribution is 2.11. The van der Waals surface area contributed by atoms with Crippen LogP contribution in [0.1, 0.15) is 13.8 Å². The van der Waals surface area contributed by atoms with Gasteiger partial charge in [0.1, 0.15) is 0 Å². The van der Waals surface area contributed by atoms with E-state index in [-0.39, 0.29) is 6.03 Å². The van der Waals surface area contributed by atoms with Crippen molar-refractivity contribution in [3.63, 3.8) is 0 Å². The number of amides is 2. The Morgan fingerprint density at radius 3 is 2.65 bits per heavy atom. The summed E-state index contributed by atoms with van der Waals surface area (Å²) < 4.78 is 5.31. The first kappa shape index (κ1) is 12.6. The van der Waals surface area contributed by atoms with Gasteiger partial charge >= 0.3 is 6.03 Å². The fourth-order valence-electron chi connectivity index (χ4n) is 2.27. The Kier molecular flexibility index (Phi) is 4.23. The summed E-state index contributed by atoms with van der Waals surface area (Å²) in [6.45, 7) is 10.6. The third kappa shape index (κ3) is 3.33. The fourth-order valence-corrected chi connectivity index (χ4v) is 2.27. The second-order valence-corrected chi connectivity index (χ2v) is 5.20. The van der Waals surface area contributed by atoms with Crippen LogP contribution < -0.4 is 5.32 Å². The Labute approximate surface area is 103 Å². The molecule has 17 heavy (non-hydrogen) atoms. The van der Waals surface area contributed by atoms with Crippen molar-refractivity contribution in [3.05, 3.63) is 0 Å². The van der Waals surface area contributed by atoms with Crippen molar-refractivity contribution in [1.29, 1.82) is 0 Å². The third-order valence-electron chi connectivity index (χ3n) is 3.61. The quantitative estimate of drug-likeness (QED) is 0.773. The van der Waals surface area contributed by atoms with Crippen LogP contribution in [-0.2, 0) is 4.74 Å². The summed E-state index contributed by atoms with van der Waals surface area (Å²) in [5.74, 6) is 0.507. The first-order valence-corrected chi connectivity index (χ1v) is 6.52. The number of nitrogens with one attached hydrogen (secondary N) is 1. The number of morpholine rings is 1. The maximum absolute atomic E-state index is 11.7. The molecule has 1 unspecified atom stereocenters. The molecule has 2 rings (SSSR count). The Morgan fingerprint density at radius 1 is 1.35 bits per heavy atom. The van der Waals surface area contributed by atoms with Crippen LogP contribution in [0.4, 0.5) is 4.79 Å². The molecule has 0 aromatic rings. The van der Waals surface area contributed by atoms with E-state index in [9.17, 15) is 4.79 Å². The van der Waals surface area contributed by atoms with Crippen LogP contribution in [-0.4, -0.2) is 67.8 Å². The third-order valence-corrected chi connectivity index (χ3v) is 3.61. The van der Waals surface area contributed by atoms with E-state index >= 15 is 0 Å². The van der Waals surface area contributed by atoms with Crippen LogP contribution in [0, 0.1) is 5.92 Å². The van der Waals surface area contributed by atoms with E-state index in [1.807, 2.05) is 4.90 Å². The lowest BCUT2D eigenvalue weighted by Crippen LogP contribution is -2.42. The number of hydrogen-bond donors (Lipinski definition) is 1. The van der Waals surface area contributed by atoms with E-state index in [0.717, 1.165) is 45.9 Å². The summed E-state index contributed by atoms with van der Waals surface area (Å²) in [4.78, 5) is 16.0. The molecule has 0 spiro atoms. The number of hydrogen-bond acceptors (Lipinski definition) is 3. The van der Waals surface area contributed by atoms with Gasteiger partial charge in [0, 0.05) is 32.7 Å². The van der Waals surface area contributed by atoms with Crippen LogP contribution in [0.3, 0.4) is 0 Å². The fraction of sp³-hybridized carbons (Fsp3) is 0.917. The van der Waals surface area contributed by atoms with Crippen molar-refractivity contribution in [2.75, 3.05) is 45.9 Å². The second kappa shape index (κ2) is 5.69. The van der Waals surface area contributed by atoms with Gasteiger partial charge in [-0.05, 0) is 5.92 Å². The molecule has 0 aliphatic carbocycles. The Balaban J connectivity index is 1.73. The summed E-state index contributed by atoms with van der Waals surface area (Å²) in [7, 11) is 0. The number of carbonyl (C=O) groups is 1. The topological polar surface area (TPSA) is 44.8 Å². The zero-order valence-electron chi connectivity index (χ0n) is 10.8. The minimum absolute atomic E-state index is 0.0944. The highest BCUT2D eigenvalue weighted by Gasteiger charge is 2.30. The van der Waals surface area contributed by atoms with Crippen LogP contribution in [0.15, 0.2) is 0 Å². The molecular weight excluding hydrogens is 218 g/mol. The molecule has 98 valence electrons. The highest BCUT2D eigenvalue weighted by molar-refractivity contribution is 5.76. The highest BCUT2D eigenvalue weighted by atomic mass is 16.5. The standard InChI is InChI=1S/C12H23N3O2/c1-10(2)11-9-15(12(16)13-11)4-3-14-5-7-17-8-6-14/h10-11H,3-9H2,1-2H3,(H,13,16). The monoisotopic (exact) mass is 241 g/mol. The Hall–Kier alpha value is -0.810. The molecule has 0 aromatic carbocycles. The van der Waals surface area contributed by atoms with Crippen LogP contribution in [0.25, 0.3) is 0 Å². The van der Waals surface area contributed by atoms with Gasteiger partial charge in [0.25, 0.3) is 0 Å². The van der Waals surface area contributed by atoms with Gasteiger partial charge in [-0.15, -0.1) is 0 Å². The smallest absolute Gasteiger partial charge is 0.317 e. The molecule has 0 bridgehead atoms. The van der Waals surface area contributed by atoms with Crippen molar-refractivity contribution >= 4 is 6.03 Å². The average molecular weight is 241 g/mol. The summed E-state index contributed by atoms with van der Waals surface area (Å²) in [6, 6.07) is 0.407. The minimum Gasteiger partial charge on any atom is -0.379 e. The van der Waals surface area contributed by atoms with Gasteiger partial charge in [-0.1, -0.05) is 13.8 Å². The zero-order chi connectivity index (χ0) is 12.3. The lowest BCUT2D eigenvalue weighted by molar-refractivity contribution is 0.0354. The predicted molar refractivity (Wildman–Crippen MR) is 66.0 cm³/mol. The minimum atomic E-state index is 0.0944. The zero-order valence-corrected chi connectivity index (χ0v) is 10.8. The van der Waals surface area contributed by atoms with Crippen LogP contribution in [0.5, 0.6) is 0 Å². The maximum atomic E-state index is 11.7. The van der Waals surface area contributed by atoms with Crippen molar-refractivity contribution in [2.24, 2.45) is 5.92 Å². The van der Waals surface area contributed by atoms with Gasteiger partial charge < -0.3 is 15.0 Å². The van der Waals surface area contributed by atoms with Crippen molar-refractivity contribution in [3.8, 4) is 0 Å². The van der Waals surface area contributed by atoms with E-state index in [2.05, 4.69) is 24.1 Å². The molecule has 0 saturated carbocycles. The number of nitrogens with zero attached hydrogens (tertiary/aromatic N) is 2. The Morgan fingerprint density at radius 2 is 2.06 bits per heavy atom. The first-order chi connectivity index (χ1) is 8.16. The van der Waals surface area contributed by atoms with Gasteiger partial charge in [-0.25, -0.2) is 4.79 Å². The van der Waals surface area contributed by atoms with Crippen molar-refractivity contribution in [1.82, 2.24) is 15.1 Å². The lowest BCUT2D eigenvalue weighted by Gasteiger charge is -2.28. The summed E-state index contributed by atoms with van der Waals surface area (Å²) in [5.41, 5.74) is 0. The van der Waals surface area contributed by atoms with Crippen molar-refractivity contribution < 1.29 is 9.53 Å². The van der Waals surface area contributed by atoms with Gasteiger partial charge in [-0.2, -0.15) is 0 Å². The molecule has 1 atom stereocenters. The SMILES string of the molecule is CC(C)C1CN(CCN2CCOCC2)C(=O)N1. The van der Waals surface area contributed by atoms with E-state index in [1.54, 1.807) is 0 Å². The average Bonchev–Trinajstić information content (AvgIpc) is 2.70. The molecule has 5 nitrogen and oxygen atoms in total. The number of rotatable bonds is 4. The number of ether oxygens (including phenoxy) is 1. The van der Waals surface area contributed by atoms with E-state index in [4.69, 9.17) is 4.74 Å². The second-order valence-electron chi connectivity index (χ2n) is 5.20. The van der Waals surface area contributed by atoms with Gasteiger partial charge in [-0.3, -0.25) is 4.90 Å². The number of urea groups is 1. The summed E-state index contributed by atoms with van der Waals surface area (Å²) in [6.07, 6.45) is 0. The van der Waals surface area contributed by atoms with Gasteiger partial charge in [0.15, 0.2) is 0 Å². The molecule has 2 amide bonds. The molecule has 0 aromatic heterocycles. The molecule has 2 heterocycles. The molecule has 0 radical (unpaired) electrons. The number of carbonyl (C=O) groups excluding carboxylic acids is 1.